The van der Waals surface area contributed by atoms with Crippen molar-refractivity contribution in [1.82, 2.24) is 0 Å². The maximum atomic E-state index is 12.3. The van der Waals surface area contributed by atoms with Gasteiger partial charge < -0.3 is 9.84 Å². The van der Waals surface area contributed by atoms with Gasteiger partial charge in [0.15, 0.2) is 0 Å². The molecule has 0 aromatic heterocycles. The number of benzene rings is 2. The van der Waals surface area contributed by atoms with Crippen LogP contribution in [0.2, 0.25) is 0 Å². The van der Waals surface area contributed by atoms with Gasteiger partial charge in [0, 0.05) is 0 Å². The molecule has 2 aromatic rings. The fourth-order valence-corrected chi connectivity index (χ4v) is 3.79. The third-order valence-electron chi connectivity index (χ3n) is 4.97. The van der Waals surface area contributed by atoms with E-state index in [0.29, 0.717) is 23.5 Å². The Morgan fingerprint density at radius 1 is 0.867 bits per heavy atom. The molecule has 0 aliphatic carbocycles. The van der Waals surface area contributed by atoms with Crippen molar-refractivity contribution in [1.29, 1.82) is 0 Å². The molecule has 0 amide bonds. The van der Waals surface area contributed by atoms with Gasteiger partial charge in [0.05, 0.1) is 4.90 Å². The van der Waals surface area contributed by atoms with Crippen LogP contribution in [0.5, 0.6) is 17.2 Å². The van der Waals surface area contributed by atoms with Gasteiger partial charge in [-0.1, -0.05) is 70.4 Å². The Morgan fingerprint density at radius 2 is 1.43 bits per heavy atom. The van der Waals surface area contributed by atoms with Crippen LogP contribution >= 0.6 is 0 Å². The van der Waals surface area contributed by atoms with E-state index in [1.54, 1.807) is 12.1 Å². The SMILES string of the molecule is CCCCCCCCCCCc1c([O-])cccc1Oc1ccc(S(=O)(=O)O)cc1.[K+]. The summed E-state index contributed by atoms with van der Waals surface area (Å²) in [6, 6.07) is 10.4. The summed E-state index contributed by atoms with van der Waals surface area (Å²) < 4.78 is 37.1. The molecular formula is C23H31KO5S. The zero-order chi connectivity index (χ0) is 21.1. The first-order valence-electron chi connectivity index (χ1n) is 10.5. The van der Waals surface area contributed by atoms with E-state index in [9.17, 15) is 13.5 Å². The summed E-state index contributed by atoms with van der Waals surface area (Å²) in [7, 11) is -4.24. The van der Waals surface area contributed by atoms with Crippen molar-refractivity contribution < 1.29 is 74.2 Å². The standard InChI is InChI=1S/C23H32O5S.K/c1-2-3-4-5-6-7-8-9-10-12-21-22(24)13-11-14-23(21)28-19-15-17-20(18-16-19)29(25,26)27;/h11,13-18,24H,2-10,12H2,1H3,(H,25,26,27);/q;+1/p-1. The second-order valence-corrected chi connectivity index (χ2v) is 8.78. The normalized spacial score (nSPS) is 11.1. The minimum absolute atomic E-state index is 0. The molecule has 5 nitrogen and oxygen atoms in total. The minimum atomic E-state index is -4.24. The second kappa shape index (κ2) is 14.6. The molecule has 0 radical (unpaired) electrons. The molecule has 160 valence electrons. The number of hydrogen-bond donors (Lipinski definition) is 1. The van der Waals surface area contributed by atoms with Gasteiger partial charge in [0.25, 0.3) is 10.1 Å². The van der Waals surface area contributed by atoms with E-state index in [2.05, 4.69) is 6.92 Å². The van der Waals surface area contributed by atoms with Gasteiger partial charge in [-0.15, -0.1) is 5.75 Å². The number of hydrogen-bond acceptors (Lipinski definition) is 4. The predicted octanol–water partition coefficient (Wildman–Crippen LogP) is 2.88. The third kappa shape index (κ3) is 9.81. The van der Waals surface area contributed by atoms with Gasteiger partial charge in [0.1, 0.15) is 11.5 Å². The summed E-state index contributed by atoms with van der Waals surface area (Å²) in [4.78, 5) is -0.197. The largest absolute Gasteiger partial charge is 1.00 e. The molecule has 0 atom stereocenters. The van der Waals surface area contributed by atoms with Crippen molar-refractivity contribution in [3.63, 3.8) is 0 Å². The third-order valence-corrected chi connectivity index (χ3v) is 5.84. The number of ether oxygens (including phenoxy) is 1. The summed E-state index contributed by atoms with van der Waals surface area (Å²) in [5.41, 5.74) is 0.648. The fraction of sp³-hybridized carbons (Fsp3) is 0.478. The molecule has 0 saturated heterocycles. The van der Waals surface area contributed by atoms with Crippen LogP contribution in [-0.4, -0.2) is 13.0 Å². The van der Waals surface area contributed by atoms with Crippen LogP contribution in [0.1, 0.15) is 70.3 Å². The molecule has 2 aromatic carbocycles. The van der Waals surface area contributed by atoms with Crippen molar-refractivity contribution in [3.05, 3.63) is 48.0 Å². The van der Waals surface area contributed by atoms with E-state index in [1.807, 2.05) is 0 Å². The van der Waals surface area contributed by atoms with Crippen LogP contribution in [0.15, 0.2) is 47.4 Å². The van der Waals surface area contributed by atoms with E-state index in [1.165, 1.54) is 75.3 Å². The average Bonchev–Trinajstić information content (AvgIpc) is 2.68. The fourth-order valence-electron chi connectivity index (χ4n) is 3.31. The molecule has 0 unspecified atom stereocenters. The maximum Gasteiger partial charge on any atom is 1.00 e. The van der Waals surface area contributed by atoms with E-state index >= 15 is 0 Å². The smallest absolute Gasteiger partial charge is 0.872 e. The molecule has 30 heavy (non-hydrogen) atoms. The number of rotatable bonds is 13. The molecule has 0 fully saturated rings. The van der Waals surface area contributed by atoms with Crippen LogP contribution < -0.4 is 61.2 Å². The first kappa shape index (κ1) is 27.6. The van der Waals surface area contributed by atoms with Crippen LogP contribution in [0.3, 0.4) is 0 Å². The van der Waals surface area contributed by atoms with Crippen LogP contribution in [-0.2, 0) is 16.5 Å². The molecular weight excluding hydrogens is 427 g/mol. The monoisotopic (exact) mass is 458 g/mol. The first-order valence-corrected chi connectivity index (χ1v) is 11.9. The minimum Gasteiger partial charge on any atom is -0.872 e. The van der Waals surface area contributed by atoms with Crippen molar-refractivity contribution in [2.24, 2.45) is 0 Å². The zero-order valence-electron chi connectivity index (χ0n) is 18.1. The van der Waals surface area contributed by atoms with Crippen molar-refractivity contribution in [2.75, 3.05) is 0 Å². The summed E-state index contributed by atoms with van der Waals surface area (Å²) in [6.45, 7) is 2.22. The Kier molecular flexibility index (Phi) is 13.5. The van der Waals surface area contributed by atoms with Gasteiger partial charge in [-0.05, 0) is 48.7 Å². The quantitative estimate of drug-likeness (QED) is 0.283. The molecule has 0 heterocycles. The Hall–Kier alpha value is -0.414. The topological polar surface area (TPSA) is 86.7 Å². The Morgan fingerprint density at radius 3 is 2.00 bits per heavy atom. The van der Waals surface area contributed by atoms with Gasteiger partial charge in [-0.2, -0.15) is 8.42 Å². The Labute approximate surface area is 223 Å². The van der Waals surface area contributed by atoms with E-state index in [-0.39, 0.29) is 62.0 Å². The van der Waals surface area contributed by atoms with Gasteiger partial charge >= 0.3 is 51.4 Å². The number of unbranched alkanes of at least 4 members (excludes halogenated alkanes) is 8. The molecule has 0 aliphatic rings. The second-order valence-electron chi connectivity index (χ2n) is 7.36. The van der Waals surface area contributed by atoms with Gasteiger partial charge in [-0.25, -0.2) is 0 Å². The molecule has 0 saturated carbocycles. The van der Waals surface area contributed by atoms with Crippen molar-refractivity contribution in [3.8, 4) is 17.2 Å². The summed E-state index contributed by atoms with van der Waals surface area (Å²) in [5, 5.41) is 12.3. The van der Waals surface area contributed by atoms with Crippen LogP contribution in [0.25, 0.3) is 0 Å². The predicted molar refractivity (Wildman–Crippen MR) is 113 cm³/mol. The van der Waals surface area contributed by atoms with E-state index in [0.717, 1.165) is 12.8 Å². The van der Waals surface area contributed by atoms with Crippen molar-refractivity contribution in [2.45, 2.75) is 76.0 Å². The van der Waals surface area contributed by atoms with E-state index in [4.69, 9.17) is 9.29 Å². The van der Waals surface area contributed by atoms with Gasteiger partial charge in [0.2, 0.25) is 0 Å². The molecule has 2 rings (SSSR count). The molecule has 0 aliphatic heterocycles. The van der Waals surface area contributed by atoms with Crippen molar-refractivity contribution >= 4 is 10.1 Å². The van der Waals surface area contributed by atoms with E-state index < -0.39 is 10.1 Å². The Bertz CT molecular complexity index is 850. The first-order chi connectivity index (χ1) is 13.9. The summed E-state index contributed by atoms with van der Waals surface area (Å²) in [6.07, 6.45) is 11.6. The molecule has 0 bridgehead atoms. The summed E-state index contributed by atoms with van der Waals surface area (Å²) in [5.74, 6) is 0.865. The maximum absolute atomic E-state index is 12.3. The van der Waals surface area contributed by atoms with Gasteiger partial charge in [-0.3, -0.25) is 4.55 Å². The molecule has 1 N–H and O–H groups in total. The summed E-state index contributed by atoms with van der Waals surface area (Å²) >= 11 is 0. The Balaban J connectivity index is 0.00000450. The average molecular weight is 459 g/mol. The molecule has 0 spiro atoms. The molecule has 7 heteroatoms. The van der Waals surface area contributed by atoms with Crippen LogP contribution in [0, 0.1) is 0 Å². The zero-order valence-corrected chi connectivity index (χ0v) is 22.0. The van der Waals surface area contributed by atoms with Crippen LogP contribution in [0.4, 0.5) is 0 Å².